The van der Waals surface area contributed by atoms with Gasteiger partial charge in [0.1, 0.15) is 19.0 Å². The largest absolute Gasteiger partial charge is 0.488 e. The molecular formula is C15H23NO3S. The van der Waals surface area contributed by atoms with Crippen molar-refractivity contribution in [2.75, 3.05) is 13.2 Å². The second-order valence-corrected chi connectivity index (χ2v) is 6.39. The van der Waals surface area contributed by atoms with Gasteiger partial charge < -0.3 is 9.57 Å². The van der Waals surface area contributed by atoms with Crippen molar-refractivity contribution in [3.8, 4) is 5.75 Å². The molecular weight excluding hydrogens is 274 g/mol. The van der Waals surface area contributed by atoms with Crippen LogP contribution in [0.2, 0.25) is 0 Å². The van der Waals surface area contributed by atoms with Gasteiger partial charge in [-0.1, -0.05) is 19.0 Å². The lowest BCUT2D eigenvalue weighted by molar-refractivity contribution is 0.156. The maximum atomic E-state index is 12.1. The summed E-state index contributed by atoms with van der Waals surface area (Å²) in [7, 11) is -0.953. The van der Waals surface area contributed by atoms with Crippen molar-refractivity contribution in [3.63, 3.8) is 0 Å². The van der Waals surface area contributed by atoms with E-state index in [1.165, 1.54) is 0 Å². The Morgan fingerprint density at radius 2 is 1.95 bits per heavy atom. The minimum Gasteiger partial charge on any atom is -0.488 e. The van der Waals surface area contributed by atoms with Gasteiger partial charge in [0.15, 0.2) is 0 Å². The summed E-state index contributed by atoms with van der Waals surface area (Å²) in [6.07, 6.45) is 0.901. The molecule has 5 heteroatoms. The quantitative estimate of drug-likeness (QED) is 0.546. The first-order valence-corrected chi connectivity index (χ1v) is 8.08. The molecule has 0 amide bonds. The van der Waals surface area contributed by atoms with Crippen molar-refractivity contribution in [3.05, 3.63) is 24.3 Å². The number of hydrogen-bond acceptors (Lipinski definition) is 4. The second-order valence-electron chi connectivity index (χ2n) is 4.52. The molecule has 1 rings (SSSR count). The Hall–Kier alpha value is -1.36. The minimum absolute atomic E-state index is 0.169. The van der Waals surface area contributed by atoms with Crippen LogP contribution >= 0.6 is 0 Å². The Kier molecular flexibility index (Phi) is 7.30. The fourth-order valence-electron chi connectivity index (χ4n) is 1.44. The standard InChI is InChI=1S/C15H23NO3S/c1-5-13(4)20(17)15-9-7-14(8-10-15)18-11-12(3)16-19-6-2/h7-10,13H,5-6,11H2,1-4H3. The maximum Gasteiger partial charge on any atom is 0.129 e. The molecule has 0 radical (unpaired) electrons. The molecule has 2 unspecified atom stereocenters. The van der Waals surface area contributed by atoms with E-state index in [4.69, 9.17) is 9.57 Å². The first-order chi connectivity index (χ1) is 9.58. The van der Waals surface area contributed by atoms with Crippen LogP contribution in [0, 0.1) is 0 Å². The van der Waals surface area contributed by atoms with Crippen molar-refractivity contribution in [1.82, 2.24) is 0 Å². The van der Waals surface area contributed by atoms with Gasteiger partial charge in [0, 0.05) is 10.1 Å². The lowest BCUT2D eigenvalue weighted by Crippen LogP contribution is -2.10. The van der Waals surface area contributed by atoms with Crippen LogP contribution in [0.15, 0.2) is 34.3 Å². The third kappa shape index (κ3) is 5.33. The monoisotopic (exact) mass is 297 g/mol. The molecule has 1 aromatic carbocycles. The number of ether oxygens (including phenoxy) is 1. The molecule has 4 nitrogen and oxygen atoms in total. The Balaban J connectivity index is 2.57. The van der Waals surface area contributed by atoms with Crippen LogP contribution < -0.4 is 4.74 Å². The molecule has 0 saturated heterocycles. The number of oxime groups is 1. The van der Waals surface area contributed by atoms with Crippen molar-refractivity contribution < 1.29 is 13.8 Å². The van der Waals surface area contributed by atoms with Gasteiger partial charge in [-0.15, -0.1) is 0 Å². The topological polar surface area (TPSA) is 47.9 Å². The normalized spacial score (nSPS) is 14.7. The average molecular weight is 297 g/mol. The highest BCUT2D eigenvalue weighted by Crippen LogP contribution is 2.18. The van der Waals surface area contributed by atoms with Gasteiger partial charge >= 0.3 is 0 Å². The Morgan fingerprint density at radius 3 is 2.50 bits per heavy atom. The molecule has 0 fully saturated rings. The molecule has 1 aromatic rings. The summed E-state index contributed by atoms with van der Waals surface area (Å²) in [5.41, 5.74) is 0.777. The van der Waals surface area contributed by atoms with Crippen LogP contribution in [-0.4, -0.2) is 28.4 Å². The third-order valence-corrected chi connectivity index (χ3v) is 4.59. The molecule has 0 N–H and O–H groups in total. The summed E-state index contributed by atoms with van der Waals surface area (Å²) in [6, 6.07) is 7.38. The molecule has 0 aliphatic rings. The second kappa shape index (κ2) is 8.74. The zero-order valence-electron chi connectivity index (χ0n) is 12.6. The van der Waals surface area contributed by atoms with Gasteiger partial charge in [-0.3, -0.25) is 4.21 Å². The molecule has 2 atom stereocenters. The van der Waals surface area contributed by atoms with Crippen LogP contribution in [0.25, 0.3) is 0 Å². The SMILES string of the molecule is CCON=C(C)COc1ccc(S(=O)C(C)CC)cc1. The number of benzene rings is 1. The van der Waals surface area contributed by atoms with Crippen molar-refractivity contribution >= 4 is 16.5 Å². The van der Waals surface area contributed by atoms with E-state index in [0.717, 1.165) is 22.8 Å². The summed E-state index contributed by atoms with van der Waals surface area (Å²) in [6.45, 7) is 8.70. The van der Waals surface area contributed by atoms with Crippen LogP contribution in [-0.2, 0) is 15.6 Å². The third-order valence-electron chi connectivity index (χ3n) is 2.79. The van der Waals surface area contributed by atoms with Gasteiger partial charge in [0.05, 0.1) is 16.5 Å². The van der Waals surface area contributed by atoms with E-state index in [1.807, 2.05) is 52.0 Å². The van der Waals surface area contributed by atoms with Crippen LogP contribution in [0.4, 0.5) is 0 Å². The van der Waals surface area contributed by atoms with E-state index in [1.54, 1.807) is 0 Å². The predicted molar refractivity (Wildman–Crippen MR) is 82.8 cm³/mol. The zero-order valence-corrected chi connectivity index (χ0v) is 13.4. The van der Waals surface area contributed by atoms with Crippen molar-refractivity contribution in [2.45, 2.75) is 44.3 Å². The lowest BCUT2D eigenvalue weighted by atomic mass is 10.3. The molecule has 112 valence electrons. The van der Waals surface area contributed by atoms with E-state index in [0.29, 0.717) is 13.2 Å². The van der Waals surface area contributed by atoms with Crippen LogP contribution in [0.3, 0.4) is 0 Å². The summed E-state index contributed by atoms with van der Waals surface area (Å²) in [5.74, 6) is 0.737. The molecule has 20 heavy (non-hydrogen) atoms. The molecule has 0 bridgehead atoms. The maximum absolute atomic E-state index is 12.1. The number of rotatable bonds is 8. The molecule has 0 aliphatic carbocycles. The summed E-state index contributed by atoms with van der Waals surface area (Å²) < 4.78 is 17.7. The molecule has 0 heterocycles. The molecule has 0 spiro atoms. The van der Waals surface area contributed by atoms with Gasteiger partial charge in [0.2, 0.25) is 0 Å². The van der Waals surface area contributed by atoms with E-state index in [9.17, 15) is 4.21 Å². The van der Waals surface area contributed by atoms with Crippen molar-refractivity contribution in [1.29, 1.82) is 0 Å². The molecule has 0 aliphatic heterocycles. The highest BCUT2D eigenvalue weighted by Gasteiger charge is 2.11. The smallest absolute Gasteiger partial charge is 0.129 e. The number of nitrogens with zero attached hydrogens (tertiary/aromatic N) is 1. The predicted octanol–water partition coefficient (Wildman–Crippen LogP) is 3.38. The summed E-state index contributed by atoms with van der Waals surface area (Å²) in [4.78, 5) is 5.78. The fourth-order valence-corrected chi connectivity index (χ4v) is 2.61. The van der Waals surface area contributed by atoms with E-state index < -0.39 is 10.8 Å². The first kappa shape index (κ1) is 16.7. The van der Waals surface area contributed by atoms with Gasteiger partial charge in [-0.2, -0.15) is 0 Å². The van der Waals surface area contributed by atoms with Gasteiger partial charge in [-0.25, -0.2) is 0 Å². The zero-order chi connectivity index (χ0) is 15.0. The number of hydrogen-bond donors (Lipinski definition) is 0. The van der Waals surface area contributed by atoms with Crippen molar-refractivity contribution in [2.24, 2.45) is 5.16 Å². The van der Waals surface area contributed by atoms with Gasteiger partial charge in [0.25, 0.3) is 0 Å². The molecule has 0 saturated carbocycles. The summed E-state index contributed by atoms with van der Waals surface area (Å²) >= 11 is 0. The Bertz CT molecular complexity index is 457. The van der Waals surface area contributed by atoms with Crippen LogP contribution in [0.1, 0.15) is 34.1 Å². The van der Waals surface area contributed by atoms with Gasteiger partial charge in [-0.05, 0) is 44.5 Å². The fraction of sp³-hybridized carbons (Fsp3) is 0.533. The van der Waals surface area contributed by atoms with E-state index in [-0.39, 0.29) is 5.25 Å². The summed E-state index contributed by atoms with van der Waals surface area (Å²) in [5, 5.41) is 4.05. The molecule has 0 aromatic heterocycles. The lowest BCUT2D eigenvalue weighted by Gasteiger charge is -2.10. The first-order valence-electron chi connectivity index (χ1n) is 6.87. The average Bonchev–Trinajstić information content (AvgIpc) is 2.49. The minimum atomic E-state index is -0.953. The van der Waals surface area contributed by atoms with E-state index >= 15 is 0 Å². The Labute approximate surface area is 123 Å². The highest BCUT2D eigenvalue weighted by atomic mass is 32.2. The van der Waals surface area contributed by atoms with Crippen LogP contribution in [0.5, 0.6) is 5.75 Å². The Morgan fingerprint density at radius 1 is 1.30 bits per heavy atom. The van der Waals surface area contributed by atoms with E-state index in [2.05, 4.69) is 5.16 Å². The highest BCUT2D eigenvalue weighted by molar-refractivity contribution is 7.85.